The summed E-state index contributed by atoms with van der Waals surface area (Å²) in [4.78, 5) is 8.77. The van der Waals surface area contributed by atoms with E-state index in [1.54, 1.807) is 42.0 Å². The molecule has 0 N–H and O–H groups in total. The quantitative estimate of drug-likeness (QED) is 0.420. The van der Waals surface area contributed by atoms with Gasteiger partial charge in [0.15, 0.2) is 0 Å². The molecule has 0 fully saturated rings. The molecule has 4 rings (SSSR count). The van der Waals surface area contributed by atoms with Crippen molar-refractivity contribution in [2.75, 3.05) is 18.5 Å². The molecule has 0 spiro atoms. The molecule has 0 aliphatic rings. The predicted octanol–water partition coefficient (Wildman–Crippen LogP) is 4.35. The minimum absolute atomic E-state index is 0.0586. The fourth-order valence-corrected chi connectivity index (χ4v) is 5.48. The molecule has 30 heavy (non-hydrogen) atoms. The summed E-state index contributed by atoms with van der Waals surface area (Å²) in [6.07, 6.45) is 3.23. The highest BCUT2D eigenvalue weighted by Gasteiger charge is 2.29. The average molecular weight is 463 g/mol. The van der Waals surface area contributed by atoms with E-state index >= 15 is 0 Å². The molecule has 154 valence electrons. The summed E-state index contributed by atoms with van der Waals surface area (Å²) < 4.78 is 38.2. The number of thiophene rings is 1. The fourth-order valence-electron chi connectivity index (χ4n) is 2.72. The largest absolute Gasteiger partial charge is 0.495 e. The number of sulfonamides is 1. The minimum atomic E-state index is -3.92. The molecule has 0 saturated heterocycles. The van der Waals surface area contributed by atoms with Crippen molar-refractivity contribution in [3.63, 3.8) is 0 Å². The first-order valence-corrected chi connectivity index (χ1v) is 11.3. The van der Waals surface area contributed by atoms with Crippen LogP contribution in [0.15, 0.2) is 63.6 Å². The van der Waals surface area contributed by atoms with Crippen LogP contribution in [0.2, 0.25) is 5.02 Å². The highest BCUT2D eigenvalue weighted by Crippen LogP contribution is 2.36. The van der Waals surface area contributed by atoms with Crippen LogP contribution in [0.3, 0.4) is 0 Å². The molecule has 11 heteroatoms. The number of ether oxygens (including phenoxy) is 1. The number of aromatic nitrogens is 3. The van der Waals surface area contributed by atoms with Gasteiger partial charge in [-0.3, -0.25) is 9.29 Å². The number of methoxy groups -OCH3 is 1. The molecule has 0 saturated carbocycles. The molecule has 0 radical (unpaired) electrons. The third kappa shape index (κ3) is 3.64. The zero-order chi connectivity index (χ0) is 21.3. The van der Waals surface area contributed by atoms with E-state index in [0.717, 1.165) is 4.31 Å². The summed E-state index contributed by atoms with van der Waals surface area (Å²) in [6.45, 7) is 0. The lowest BCUT2D eigenvalue weighted by Gasteiger charge is -2.20. The first-order valence-electron chi connectivity index (χ1n) is 8.56. The summed E-state index contributed by atoms with van der Waals surface area (Å²) in [5, 5.41) is 5.90. The van der Waals surface area contributed by atoms with Gasteiger partial charge in [0.2, 0.25) is 5.82 Å². The second-order valence-corrected chi connectivity index (χ2v) is 9.33. The minimum Gasteiger partial charge on any atom is -0.495 e. The first-order chi connectivity index (χ1) is 14.4. The number of hydrogen-bond donors (Lipinski definition) is 0. The van der Waals surface area contributed by atoms with Gasteiger partial charge >= 0.3 is 0 Å². The molecule has 8 nitrogen and oxygen atoms in total. The highest BCUT2D eigenvalue weighted by atomic mass is 35.5. The van der Waals surface area contributed by atoms with Gasteiger partial charge in [0, 0.05) is 25.0 Å². The third-order valence-electron chi connectivity index (χ3n) is 4.31. The Bertz CT molecular complexity index is 1290. The Labute approximate surface area is 181 Å². The summed E-state index contributed by atoms with van der Waals surface area (Å²) in [5.74, 6) is 0.893. The van der Waals surface area contributed by atoms with E-state index in [0.29, 0.717) is 32.7 Å². The van der Waals surface area contributed by atoms with Crippen molar-refractivity contribution in [3.8, 4) is 27.9 Å². The van der Waals surface area contributed by atoms with Gasteiger partial charge in [0.25, 0.3) is 15.9 Å². The van der Waals surface area contributed by atoms with Gasteiger partial charge in [0.05, 0.1) is 17.8 Å². The van der Waals surface area contributed by atoms with Crippen LogP contribution in [0.25, 0.3) is 22.2 Å². The Kier molecular flexibility index (Phi) is 5.46. The van der Waals surface area contributed by atoms with Gasteiger partial charge in [-0.15, -0.1) is 11.3 Å². The summed E-state index contributed by atoms with van der Waals surface area (Å²) >= 11 is 7.35. The molecule has 0 aliphatic carbocycles. The molecule has 0 amide bonds. The van der Waals surface area contributed by atoms with Crippen LogP contribution in [-0.2, 0) is 10.0 Å². The lowest BCUT2D eigenvalue weighted by atomic mass is 10.3. The van der Waals surface area contributed by atoms with Crippen LogP contribution < -0.4 is 9.04 Å². The number of halogens is 1. The maximum absolute atomic E-state index is 13.3. The summed E-state index contributed by atoms with van der Waals surface area (Å²) in [7, 11) is -0.978. The van der Waals surface area contributed by atoms with Crippen molar-refractivity contribution < 1.29 is 17.7 Å². The normalized spacial score (nSPS) is 11.4. The second-order valence-electron chi connectivity index (χ2n) is 6.07. The zero-order valence-electron chi connectivity index (χ0n) is 15.8. The van der Waals surface area contributed by atoms with E-state index in [1.807, 2.05) is 0 Å². The lowest BCUT2D eigenvalue weighted by molar-refractivity contribution is 0.415. The van der Waals surface area contributed by atoms with Crippen LogP contribution in [0.4, 0.5) is 5.69 Å². The molecule has 3 heterocycles. The zero-order valence-corrected chi connectivity index (χ0v) is 18.2. The van der Waals surface area contributed by atoms with E-state index in [2.05, 4.69) is 15.1 Å². The van der Waals surface area contributed by atoms with Gasteiger partial charge in [0.1, 0.15) is 15.5 Å². The van der Waals surface area contributed by atoms with Crippen molar-refractivity contribution in [1.82, 2.24) is 15.1 Å². The monoisotopic (exact) mass is 462 g/mol. The second kappa shape index (κ2) is 8.05. The Balaban J connectivity index is 1.70. The van der Waals surface area contributed by atoms with Crippen molar-refractivity contribution in [2.45, 2.75) is 4.90 Å². The Morgan fingerprint density at radius 2 is 2.07 bits per heavy atom. The number of hydrogen-bond acceptors (Lipinski definition) is 8. The first kappa shape index (κ1) is 20.3. The molecule has 3 aromatic heterocycles. The number of anilines is 1. The molecule has 0 aliphatic heterocycles. The van der Waals surface area contributed by atoms with Gasteiger partial charge in [-0.25, -0.2) is 8.42 Å². The van der Waals surface area contributed by atoms with Crippen LogP contribution in [0.1, 0.15) is 0 Å². The van der Waals surface area contributed by atoms with Crippen molar-refractivity contribution in [3.05, 3.63) is 59.2 Å². The van der Waals surface area contributed by atoms with E-state index in [1.165, 1.54) is 37.6 Å². The SMILES string of the molecule is COc1ccc(N(C)S(=O)(=O)c2ccsc2-c2nc(-c3cccnc3)no2)cc1Cl. The summed E-state index contributed by atoms with van der Waals surface area (Å²) in [5.41, 5.74) is 1.05. The van der Waals surface area contributed by atoms with Crippen molar-refractivity contribution in [2.24, 2.45) is 0 Å². The molecule has 1 aromatic carbocycles. The Morgan fingerprint density at radius 3 is 2.77 bits per heavy atom. The standard InChI is InChI=1S/C19H15ClN4O4S2/c1-24(13-5-6-15(27-2)14(20)10-13)30(25,26)16-7-9-29-17(16)19-22-18(23-28-19)12-4-3-8-21-11-12/h3-11H,1-2H3. The maximum Gasteiger partial charge on any atom is 0.269 e. The average Bonchev–Trinajstić information content (AvgIpc) is 3.43. The molecular weight excluding hydrogens is 448 g/mol. The number of nitrogens with zero attached hydrogens (tertiary/aromatic N) is 4. The molecule has 4 aromatic rings. The van der Waals surface area contributed by atoms with Crippen molar-refractivity contribution >= 4 is 38.6 Å². The van der Waals surface area contributed by atoms with Crippen LogP contribution in [-0.4, -0.2) is 37.7 Å². The van der Waals surface area contributed by atoms with Gasteiger partial charge in [-0.05, 0) is 41.8 Å². The van der Waals surface area contributed by atoms with Gasteiger partial charge < -0.3 is 9.26 Å². The molecule has 0 bridgehead atoms. The highest BCUT2D eigenvalue weighted by molar-refractivity contribution is 7.93. The topological polar surface area (TPSA) is 98.4 Å². The van der Waals surface area contributed by atoms with E-state index in [4.69, 9.17) is 20.9 Å². The van der Waals surface area contributed by atoms with E-state index in [-0.39, 0.29) is 10.8 Å². The molecule has 0 unspecified atom stereocenters. The van der Waals surface area contributed by atoms with Crippen LogP contribution in [0.5, 0.6) is 5.75 Å². The molecule has 0 atom stereocenters. The van der Waals surface area contributed by atoms with Crippen LogP contribution in [0, 0.1) is 0 Å². The van der Waals surface area contributed by atoms with E-state index in [9.17, 15) is 8.42 Å². The Hall–Kier alpha value is -2.95. The van der Waals surface area contributed by atoms with Crippen molar-refractivity contribution in [1.29, 1.82) is 0 Å². The summed E-state index contributed by atoms with van der Waals surface area (Å²) in [6, 6.07) is 9.79. The fraction of sp³-hybridized carbons (Fsp3) is 0.105. The Morgan fingerprint density at radius 1 is 1.23 bits per heavy atom. The predicted molar refractivity (Wildman–Crippen MR) is 114 cm³/mol. The smallest absolute Gasteiger partial charge is 0.269 e. The van der Waals surface area contributed by atoms with Gasteiger partial charge in [-0.1, -0.05) is 16.8 Å². The third-order valence-corrected chi connectivity index (χ3v) is 7.46. The van der Waals surface area contributed by atoms with Crippen LogP contribution >= 0.6 is 22.9 Å². The maximum atomic E-state index is 13.3. The lowest BCUT2D eigenvalue weighted by Crippen LogP contribution is -2.26. The molecular formula is C19H15ClN4O4S2. The van der Waals surface area contributed by atoms with E-state index < -0.39 is 10.0 Å². The number of rotatable bonds is 6. The number of benzene rings is 1. The number of pyridine rings is 1. The van der Waals surface area contributed by atoms with Gasteiger partial charge in [-0.2, -0.15) is 4.98 Å².